The molecule has 0 unspecified atom stereocenters. The van der Waals surface area contributed by atoms with Crippen LogP contribution >= 0.6 is 0 Å². The summed E-state index contributed by atoms with van der Waals surface area (Å²) in [5, 5.41) is 12.0. The lowest BCUT2D eigenvalue weighted by molar-refractivity contribution is -0.129. The third-order valence-electron chi connectivity index (χ3n) is 4.57. The maximum Gasteiger partial charge on any atom is 0.336 e. The summed E-state index contributed by atoms with van der Waals surface area (Å²) in [5.41, 5.74) is 2.45. The van der Waals surface area contributed by atoms with E-state index in [1.54, 1.807) is 30.3 Å². The molecule has 0 aliphatic heterocycles. The van der Waals surface area contributed by atoms with Crippen molar-refractivity contribution in [1.82, 2.24) is 5.32 Å². The number of nitrogens with one attached hydrogen (secondary N) is 1. The summed E-state index contributed by atoms with van der Waals surface area (Å²) in [6, 6.07) is 17.7. The molecule has 33 heavy (non-hydrogen) atoms. The van der Waals surface area contributed by atoms with Crippen LogP contribution in [0.2, 0.25) is 0 Å². The van der Waals surface area contributed by atoms with Gasteiger partial charge in [-0.15, -0.1) is 0 Å². The van der Waals surface area contributed by atoms with Gasteiger partial charge in [0.2, 0.25) is 0 Å². The highest BCUT2D eigenvalue weighted by molar-refractivity contribution is 6.01. The molecule has 0 aliphatic carbocycles. The first-order valence-electron chi connectivity index (χ1n) is 10.1. The normalized spacial score (nSPS) is 11.1. The highest BCUT2D eigenvalue weighted by Gasteiger charge is 2.12. The van der Waals surface area contributed by atoms with Gasteiger partial charge < -0.3 is 19.2 Å². The number of esters is 1. The molecule has 166 valence electrons. The van der Waals surface area contributed by atoms with Gasteiger partial charge in [-0.05, 0) is 54.5 Å². The summed E-state index contributed by atoms with van der Waals surface area (Å²) < 4.78 is 15.8. The topological polar surface area (TPSA) is 102 Å². The van der Waals surface area contributed by atoms with Crippen LogP contribution in [0, 0.1) is 18.3 Å². The van der Waals surface area contributed by atoms with Crippen molar-refractivity contribution in [2.24, 2.45) is 0 Å². The van der Waals surface area contributed by atoms with E-state index >= 15 is 0 Å². The Morgan fingerprint density at radius 2 is 1.85 bits per heavy atom. The number of nitrogens with zero attached hydrogens (tertiary/aromatic N) is 1. The van der Waals surface area contributed by atoms with Crippen LogP contribution < -0.4 is 14.8 Å². The zero-order valence-electron chi connectivity index (χ0n) is 18.2. The molecule has 1 N–H and O–H groups in total. The number of amides is 1. The summed E-state index contributed by atoms with van der Waals surface area (Å²) in [7, 11) is 1.43. The number of hydrogen-bond donors (Lipinski definition) is 1. The standard InChI is InChI=1S/C26H22N2O5/c1-18-5-7-19(8-6-18)10-12-25(29)33-23-11-9-20(15-24(23)31-2)14-21(16-27)26(30)28-17-22-4-3-13-32-22/h3-15H,17H2,1-2H3,(H,28,30)/b12-10+,21-14+. The Morgan fingerprint density at radius 1 is 1.09 bits per heavy atom. The van der Waals surface area contributed by atoms with Gasteiger partial charge in [-0.2, -0.15) is 5.26 Å². The lowest BCUT2D eigenvalue weighted by Gasteiger charge is -2.09. The van der Waals surface area contributed by atoms with E-state index in [1.165, 1.54) is 31.6 Å². The van der Waals surface area contributed by atoms with Gasteiger partial charge in [0.15, 0.2) is 11.5 Å². The number of carbonyl (C=O) groups excluding carboxylic acids is 2. The van der Waals surface area contributed by atoms with E-state index in [9.17, 15) is 14.9 Å². The molecule has 1 aromatic heterocycles. The Bertz CT molecular complexity index is 1220. The van der Waals surface area contributed by atoms with Crippen LogP contribution in [0.4, 0.5) is 0 Å². The SMILES string of the molecule is COc1cc(/C=C(\C#N)C(=O)NCc2ccco2)ccc1OC(=O)/C=C/c1ccc(C)cc1. The smallest absolute Gasteiger partial charge is 0.336 e. The molecule has 0 fully saturated rings. The third-order valence-corrected chi connectivity index (χ3v) is 4.57. The first-order valence-corrected chi connectivity index (χ1v) is 10.1. The number of benzene rings is 2. The molecule has 7 heteroatoms. The van der Waals surface area contributed by atoms with E-state index < -0.39 is 11.9 Å². The number of hydrogen-bond acceptors (Lipinski definition) is 6. The van der Waals surface area contributed by atoms with Crippen LogP contribution in [0.3, 0.4) is 0 Å². The van der Waals surface area contributed by atoms with Crippen molar-refractivity contribution in [3.05, 3.63) is 95.0 Å². The number of furan rings is 1. The van der Waals surface area contributed by atoms with Gasteiger partial charge in [-0.1, -0.05) is 35.9 Å². The number of methoxy groups -OCH3 is 1. The van der Waals surface area contributed by atoms with Crippen molar-refractivity contribution in [2.45, 2.75) is 13.5 Å². The average molecular weight is 442 g/mol. The lowest BCUT2D eigenvalue weighted by Crippen LogP contribution is -2.23. The molecule has 0 saturated carbocycles. The molecular weight excluding hydrogens is 420 g/mol. The quantitative estimate of drug-likeness (QED) is 0.240. The van der Waals surface area contributed by atoms with Crippen LogP contribution in [-0.2, 0) is 16.1 Å². The molecule has 1 heterocycles. The fourth-order valence-corrected chi connectivity index (χ4v) is 2.83. The summed E-state index contributed by atoms with van der Waals surface area (Å²) >= 11 is 0. The van der Waals surface area contributed by atoms with Crippen LogP contribution in [-0.4, -0.2) is 19.0 Å². The predicted octanol–water partition coefficient (Wildman–Crippen LogP) is 4.44. The van der Waals surface area contributed by atoms with Crippen LogP contribution in [0.15, 0.2) is 76.9 Å². The molecule has 1 amide bonds. The average Bonchev–Trinajstić information content (AvgIpc) is 3.35. The second kappa shape index (κ2) is 11.2. The van der Waals surface area contributed by atoms with E-state index in [0.717, 1.165) is 11.1 Å². The maximum absolute atomic E-state index is 12.3. The van der Waals surface area contributed by atoms with Gasteiger partial charge in [-0.25, -0.2) is 4.79 Å². The summed E-state index contributed by atoms with van der Waals surface area (Å²) in [5.74, 6) is -0.0233. The van der Waals surface area contributed by atoms with Crippen molar-refractivity contribution in [3.8, 4) is 17.6 Å². The molecule has 3 rings (SSSR count). The Balaban J connectivity index is 1.68. The number of rotatable bonds is 8. The second-order valence-corrected chi connectivity index (χ2v) is 7.01. The Morgan fingerprint density at radius 3 is 2.52 bits per heavy atom. The van der Waals surface area contributed by atoms with Crippen LogP contribution in [0.1, 0.15) is 22.5 Å². The fourth-order valence-electron chi connectivity index (χ4n) is 2.83. The van der Waals surface area contributed by atoms with E-state index in [4.69, 9.17) is 13.9 Å². The maximum atomic E-state index is 12.3. The molecule has 7 nitrogen and oxygen atoms in total. The minimum atomic E-state index is -0.563. The van der Waals surface area contributed by atoms with Crippen molar-refractivity contribution in [1.29, 1.82) is 5.26 Å². The largest absolute Gasteiger partial charge is 0.493 e. The second-order valence-electron chi connectivity index (χ2n) is 7.01. The highest BCUT2D eigenvalue weighted by Crippen LogP contribution is 2.29. The fraction of sp³-hybridized carbons (Fsp3) is 0.115. The van der Waals surface area contributed by atoms with Crippen LogP contribution in [0.5, 0.6) is 11.5 Å². The Hall–Kier alpha value is -4.57. The van der Waals surface area contributed by atoms with Gasteiger partial charge in [0, 0.05) is 6.08 Å². The number of carbonyl (C=O) groups is 2. The molecule has 0 saturated heterocycles. The minimum Gasteiger partial charge on any atom is -0.493 e. The zero-order valence-corrected chi connectivity index (χ0v) is 18.2. The third kappa shape index (κ3) is 6.71. The first kappa shape index (κ1) is 23.1. The summed E-state index contributed by atoms with van der Waals surface area (Å²) in [6.07, 6.45) is 5.91. The summed E-state index contributed by atoms with van der Waals surface area (Å²) in [6.45, 7) is 2.15. The molecule has 2 aromatic carbocycles. The van der Waals surface area contributed by atoms with E-state index in [0.29, 0.717) is 11.3 Å². The van der Waals surface area contributed by atoms with Crippen molar-refractivity contribution < 1.29 is 23.5 Å². The highest BCUT2D eigenvalue weighted by atomic mass is 16.6. The molecule has 0 aliphatic rings. The van der Waals surface area contributed by atoms with E-state index in [2.05, 4.69) is 5.32 Å². The van der Waals surface area contributed by atoms with Crippen LogP contribution in [0.25, 0.3) is 12.2 Å². The number of nitriles is 1. The van der Waals surface area contributed by atoms with E-state index in [-0.39, 0.29) is 23.6 Å². The summed E-state index contributed by atoms with van der Waals surface area (Å²) in [4.78, 5) is 24.5. The monoisotopic (exact) mass is 442 g/mol. The van der Waals surface area contributed by atoms with Gasteiger partial charge in [0.25, 0.3) is 5.91 Å². The van der Waals surface area contributed by atoms with Gasteiger partial charge in [0.1, 0.15) is 17.4 Å². The van der Waals surface area contributed by atoms with Gasteiger partial charge >= 0.3 is 5.97 Å². The van der Waals surface area contributed by atoms with E-state index in [1.807, 2.05) is 37.3 Å². The minimum absolute atomic E-state index is 0.0885. The lowest BCUT2D eigenvalue weighted by atomic mass is 10.1. The van der Waals surface area contributed by atoms with Gasteiger partial charge in [0.05, 0.1) is 19.9 Å². The predicted molar refractivity (Wildman–Crippen MR) is 123 cm³/mol. The number of ether oxygens (including phenoxy) is 2. The number of aryl methyl sites for hydroxylation is 1. The van der Waals surface area contributed by atoms with Crippen molar-refractivity contribution in [3.63, 3.8) is 0 Å². The molecule has 0 spiro atoms. The van der Waals surface area contributed by atoms with Crippen molar-refractivity contribution >= 4 is 24.0 Å². The Kier molecular flexibility index (Phi) is 7.81. The zero-order chi connectivity index (χ0) is 23.6. The Labute approximate surface area is 191 Å². The molecule has 0 atom stereocenters. The molecular formula is C26H22N2O5. The van der Waals surface area contributed by atoms with Crippen molar-refractivity contribution in [2.75, 3.05) is 7.11 Å². The molecule has 0 bridgehead atoms. The molecule has 0 radical (unpaired) electrons. The van der Waals surface area contributed by atoms with Gasteiger partial charge in [-0.3, -0.25) is 4.79 Å². The molecule has 3 aromatic rings. The first-order chi connectivity index (χ1) is 16.0.